The van der Waals surface area contributed by atoms with E-state index in [4.69, 9.17) is 28.5 Å². The number of esters is 2. The number of carbonyl (C=O) groups excluding carboxylic acids is 2. The van der Waals surface area contributed by atoms with Gasteiger partial charge in [-0.05, 0) is 19.4 Å². The topological polar surface area (TPSA) is 92.8 Å². The second kappa shape index (κ2) is 7.66. The van der Waals surface area contributed by atoms with E-state index < -0.39 is 48.1 Å². The number of benzene rings is 1. The van der Waals surface area contributed by atoms with Gasteiger partial charge in [-0.25, -0.2) is 4.79 Å². The number of fused-ring (bicyclic) bond motifs is 1. The lowest BCUT2D eigenvalue weighted by Crippen LogP contribution is -2.44. The van der Waals surface area contributed by atoms with Crippen LogP contribution in [-0.2, 0) is 38.1 Å². The molecule has 3 heterocycles. The second-order valence-corrected chi connectivity index (χ2v) is 7.68. The molecule has 0 amide bonds. The zero-order valence-electron chi connectivity index (χ0n) is 16.8. The molecule has 0 aliphatic carbocycles. The van der Waals surface area contributed by atoms with Crippen LogP contribution in [0.15, 0.2) is 30.3 Å². The Kier molecular flexibility index (Phi) is 5.34. The van der Waals surface area contributed by atoms with Crippen molar-refractivity contribution in [2.45, 2.75) is 50.2 Å². The fraction of sp³-hybridized carbons (Fsp3) is 0.600. The molecule has 0 aromatic heterocycles. The lowest BCUT2D eigenvalue weighted by Gasteiger charge is -2.32. The van der Waals surface area contributed by atoms with Crippen LogP contribution >= 0.6 is 0 Å². The third-order valence-electron chi connectivity index (χ3n) is 5.41. The predicted octanol–water partition coefficient (Wildman–Crippen LogP) is 1.18. The second-order valence-electron chi connectivity index (χ2n) is 7.68. The van der Waals surface area contributed by atoms with Crippen LogP contribution in [0.5, 0.6) is 0 Å². The van der Waals surface area contributed by atoms with E-state index in [1.165, 1.54) is 19.3 Å². The van der Waals surface area contributed by atoms with E-state index in [1.54, 1.807) is 0 Å². The van der Waals surface area contributed by atoms with Gasteiger partial charge in [-0.15, -0.1) is 5.06 Å². The van der Waals surface area contributed by atoms with Gasteiger partial charge in [0, 0.05) is 0 Å². The first kappa shape index (κ1) is 20.2. The number of hydrogen-bond acceptors (Lipinski definition) is 9. The highest BCUT2D eigenvalue weighted by Crippen LogP contribution is 2.46. The highest BCUT2D eigenvalue weighted by molar-refractivity contribution is 5.85. The van der Waals surface area contributed by atoms with E-state index >= 15 is 0 Å². The summed E-state index contributed by atoms with van der Waals surface area (Å²) in [6.45, 7) is 3.97. The molecule has 9 heteroatoms. The average Bonchev–Trinajstić information content (AvgIpc) is 3.36. The summed E-state index contributed by atoms with van der Waals surface area (Å²) in [5.41, 5.74) is 0.777. The quantitative estimate of drug-likeness (QED) is 0.682. The largest absolute Gasteiger partial charge is 0.469 e. The molecule has 6 atom stereocenters. The number of ether oxygens (including phenoxy) is 5. The Morgan fingerprint density at radius 2 is 1.76 bits per heavy atom. The van der Waals surface area contributed by atoms with Gasteiger partial charge in [0.1, 0.15) is 18.1 Å². The van der Waals surface area contributed by atoms with Gasteiger partial charge >= 0.3 is 11.9 Å². The summed E-state index contributed by atoms with van der Waals surface area (Å²) in [5, 5.41) is 1.52. The van der Waals surface area contributed by atoms with Crippen LogP contribution in [0.2, 0.25) is 0 Å². The number of methoxy groups -OCH3 is 2. The van der Waals surface area contributed by atoms with Crippen molar-refractivity contribution in [3.8, 4) is 0 Å². The zero-order valence-corrected chi connectivity index (χ0v) is 16.8. The summed E-state index contributed by atoms with van der Waals surface area (Å²) in [6, 6.07) is 8.66. The Morgan fingerprint density at radius 3 is 2.41 bits per heavy atom. The van der Waals surface area contributed by atoms with Gasteiger partial charge in [-0.3, -0.25) is 9.63 Å². The molecule has 0 saturated carbocycles. The van der Waals surface area contributed by atoms with Crippen LogP contribution < -0.4 is 0 Å². The molecule has 1 aromatic carbocycles. The molecule has 0 radical (unpaired) electrons. The summed E-state index contributed by atoms with van der Waals surface area (Å²) in [6.07, 6.45) is -2.56. The van der Waals surface area contributed by atoms with Crippen LogP contribution in [0.4, 0.5) is 0 Å². The third-order valence-corrected chi connectivity index (χ3v) is 5.41. The Labute approximate surface area is 168 Å². The van der Waals surface area contributed by atoms with Crippen molar-refractivity contribution in [2.24, 2.45) is 5.92 Å². The molecule has 9 nitrogen and oxygen atoms in total. The van der Waals surface area contributed by atoms with Crippen LogP contribution in [0.25, 0.3) is 0 Å². The van der Waals surface area contributed by atoms with E-state index in [2.05, 4.69) is 0 Å². The van der Waals surface area contributed by atoms with Crippen LogP contribution in [0, 0.1) is 5.92 Å². The summed E-state index contributed by atoms with van der Waals surface area (Å²) < 4.78 is 27.7. The molecular formula is C20H25NO8. The van der Waals surface area contributed by atoms with Crippen molar-refractivity contribution in [1.29, 1.82) is 0 Å². The minimum Gasteiger partial charge on any atom is -0.469 e. The number of hydrogen-bond donors (Lipinski definition) is 0. The molecular weight excluding hydrogens is 382 g/mol. The highest BCUT2D eigenvalue weighted by atomic mass is 16.8. The lowest BCUT2D eigenvalue weighted by atomic mass is 9.89. The normalized spacial score (nSPS) is 36.0. The number of hydroxylamine groups is 2. The molecule has 158 valence electrons. The summed E-state index contributed by atoms with van der Waals surface area (Å²) in [5.74, 6) is -2.94. The molecule has 3 aliphatic rings. The minimum atomic E-state index is -1.17. The van der Waals surface area contributed by atoms with Gasteiger partial charge in [0.25, 0.3) is 0 Å². The molecule has 0 N–H and O–H groups in total. The molecule has 29 heavy (non-hydrogen) atoms. The zero-order chi connectivity index (χ0) is 20.8. The minimum absolute atomic E-state index is 0.274. The standard InChI is InChI=1S/C20H25NO8/c1-20(2)27-12-10-26-17(15(12)28-20)21-14(11-8-6-5-7-9-11)13(18(22)24-3)16(29-21)19(23)25-4/h5-9,12-17H,10H2,1-4H3/t12-,13+,14+,15-,16-,17-/m1/s1. The van der Waals surface area contributed by atoms with Gasteiger partial charge in [0.2, 0.25) is 0 Å². The molecule has 1 aromatic rings. The molecule has 0 unspecified atom stereocenters. The summed E-state index contributed by atoms with van der Waals surface area (Å²) >= 11 is 0. The van der Waals surface area contributed by atoms with E-state index in [0.29, 0.717) is 6.61 Å². The number of nitrogens with zero attached hydrogens (tertiary/aromatic N) is 1. The number of carbonyl (C=O) groups is 2. The summed E-state index contributed by atoms with van der Waals surface area (Å²) in [4.78, 5) is 31.1. The van der Waals surface area contributed by atoms with Crippen molar-refractivity contribution in [1.82, 2.24) is 5.06 Å². The maximum atomic E-state index is 12.7. The molecule has 0 bridgehead atoms. The van der Waals surface area contributed by atoms with Crippen molar-refractivity contribution in [3.05, 3.63) is 35.9 Å². The van der Waals surface area contributed by atoms with Crippen molar-refractivity contribution in [3.63, 3.8) is 0 Å². The van der Waals surface area contributed by atoms with Gasteiger partial charge in [0.05, 0.1) is 26.9 Å². The van der Waals surface area contributed by atoms with Gasteiger partial charge in [-0.1, -0.05) is 30.3 Å². The van der Waals surface area contributed by atoms with E-state index in [0.717, 1.165) is 5.56 Å². The fourth-order valence-electron chi connectivity index (χ4n) is 4.24. The smallest absolute Gasteiger partial charge is 0.338 e. The first-order valence-electron chi connectivity index (χ1n) is 9.49. The van der Waals surface area contributed by atoms with Crippen LogP contribution in [0.3, 0.4) is 0 Å². The third kappa shape index (κ3) is 3.53. The van der Waals surface area contributed by atoms with E-state index in [-0.39, 0.29) is 6.10 Å². The average molecular weight is 407 g/mol. The molecule has 0 spiro atoms. The molecule has 3 aliphatic heterocycles. The van der Waals surface area contributed by atoms with Crippen molar-refractivity contribution < 1.29 is 38.1 Å². The number of rotatable bonds is 4. The van der Waals surface area contributed by atoms with Gasteiger partial charge < -0.3 is 23.7 Å². The maximum Gasteiger partial charge on any atom is 0.338 e. The van der Waals surface area contributed by atoms with Crippen molar-refractivity contribution in [2.75, 3.05) is 20.8 Å². The molecule has 3 saturated heterocycles. The Bertz CT molecular complexity index is 769. The fourth-order valence-corrected chi connectivity index (χ4v) is 4.24. The maximum absolute atomic E-state index is 12.7. The van der Waals surface area contributed by atoms with Crippen LogP contribution in [0.1, 0.15) is 25.5 Å². The first-order chi connectivity index (χ1) is 13.9. The molecule has 4 rings (SSSR count). The highest BCUT2D eigenvalue weighted by Gasteiger charge is 2.60. The van der Waals surface area contributed by atoms with E-state index in [9.17, 15) is 9.59 Å². The van der Waals surface area contributed by atoms with E-state index in [1.807, 2.05) is 44.2 Å². The summed E-state index contributed by atoms with van der Waals surface area (Å²) in [7, 11) is 2.53. The molecule has 3 fully saturated rings. The SMILES string of the molecule is COC(=O)[C@@H]1[C@H](C(=O)OC)ON([C@@H]2OC[C@H]3OC(C)(C)O[C@@H]23)[C@H]1c1ccccc1. The van der Waals surface area contributed by atoms with Gasteiger partial charge in [0.15, 0.2) is 18.1 Å². The Hall–Kier alpha value is -2.04. The monoisotopic (exact) mass is 407 g/mol. The predicted molar refractivity (Wildman–Crippen MR) is 97.0 cm³/mol. The van der Waals surface area contributed by atoms with Crippen molar-refractivity contribution >= 4 is 11.9 Å². The Morgan fingerprint density at radius 1 is 1.07 bits per heavy atom. The Balaban J connectivity index is 1.73. The van der Waals surface area contributed by atoms with Crippen LogP contribution in [-0.4, -0.2) is 68.2 Å². The first-order valence-corrected chi connectivity index (χ1v) is 9.49. The lowest BCUT2D eigenvalue weighted by molar-refractivity contribution is -0.277. The van der Waals surface area contributed by atoms with Gasteiger partial charge in [-0.2, -0.15) is 0 Å².